The average Bonchev–Trinajstić information content (AvgIpc) is 2.63. The Bertz CT molecular complexity index is 777. The first-order valence-electron chi connectivity index (χ1n) is 8.23. The number of rotatable bonds is 3. The molecule has 23 heavy (non-hydrogen) atoms. The van der Waals surface area contributed by atoms with Gasteiger partial charge in [0.1, 0.15) is 0 Å². The summed E-state index contributed by atoms with van der Waals surface area (Å²) in [6.45, 7) is 5.46. The number of hydrogen-bond donors (Lipinski definition) is 0. The molecule has 0 aliphatic carbocycles. The number of aromatic nitrogens is 1. The topological polar surface area (TPSA) is 19.4 Å². The van der Waals surface area contributed by atoms with Crippen molar-refractivity contribution in [2.45, 2.75) is 6.54 Å². The van der Waals surface area contributed by atoms with E-state index in [-0.39, 0.29) is 0 Å². The smallest absolute Gasteiger partial charge is 0.0373 e. The molecule has 2 aromatic carbocycles. The van der Waals surface area contributed by atoms with E-state index in [0.717, 1.165) is 32.7 Å². The molecule has 0 unspecified atom stereocenters. The van der Waals surface area contributed by atoms with Gasteiger partial charge in [0.15, 0.2) is 0 Å². The third kappa shape index (κ3) is 3.20. The van der Waals surface area contributed by atoms with Crippen LogP contribution in [0.15, 0.2) is 67.0 Å². The summed E-state index contributed by atoms with van der Waals surface area (Å²) in [6, 6.07) is 19.5. The summed E-state index contributed by atoms with van der Waals surface area (Å²) in [4.78, 5) is 9.21. The molecular formula is C20H21N3. The zero-order chi connectivity index (χ0) is 15.5. The summed E-state index contributed by atoms with van der Waals surface area (Å²) in [5, 5.41) is 2.48. The van der Waals surface area contributed by atoms with E-state index in [2.05, 4.69) is 69.4 Å². The SMILES string of the molecule is c1ccc(CN2CCN(c3ccc4cnccc4c3)CC2)cc1. The van der Waals surface area contributed by atoms with E-state index in [9.17, 15) is 0 Å². The Balaban J connectivity index is 1.42. The number of hydrogen-bond acceptors (Lipinski definition) is 3. The zero-order valence-corrected chi connectivity index (χ0v) is 13.2. The van der Waals surface area contributed by atoms with Crippen LogP contribution in [0.5, 0.6) is 0 Å². The van der Waals surface area contributed by atoms with Crippen molar-refractivity contribution >= 4 is 16.5 Å². The fourth-order valence-electron chi connectivity index (χ4n) is 3.27. The molecule has 1 aromatic heterocycles. The molecule has 0 radical (unpaired) electrons. The van der Waals surface area contributed by atoms with Gasteiger partial charge >= 0.3 is 0 Å². The van der Waals surface area contributed by atoms with Gasteiger partial charge in [-0.25, -0.2) is 0 Å². The van der Waals surface area contributed by atoms with E-state index in [1.165, 1.54) is 22.0 Å². The Morgan fingerprint density at radius 1 is 0.826 bits per heavy atom. The van der Waals surface area contributed by atoms with Crippen LogP contribution in [0.2, 0.25) is 0 Å². The summed E-state index contributed by atoms with van der Waals surface area (Å²) < 4.78 is 0. The highest BCUT2D eigenvalue weighted by Crippen LogP contribution is 2.22. The van der Waals surface area contributed by atoms with Crippen LogP contribution in [0.25, 0.3) is 10.8 Å². The van der Waals surface area contributed by atoms with Crippen molar-refractivity contribution in [3.8, 4) is 0 Å². The lowest BCUT2D eigenvalue weighted by Crippen LogP contribution is -2.45. The number of pyridine rings is 1. The van der Waals surface area contributed by atoms with Gasteiger partial charge in [0.2, 0.25) is 0 Å². The van der Waals surface area contributed by atoms with Crippen LogP contribution in [-0.2, 0) is 6.54 Å². The molecule has 0 N–H and O–H groups in total. The Labute approximate surface area is 137 Å². The van der Waals surface area contributed by atoms with Gasteiger partial charge in [-0.15, -0.1) is 0 Å². The molecule has 4 rings (SSSR count). The van der Waals surface area contributed by atoms with Gasteiger partial charge in [-0.05, 0) is 29.1 Å². The zero-order valence-electron chi connectivity index (χ0n) is 13.2. The molecule has 0 spiro atoms. The second-order valence-electron chi connectivity index (χ2n) is 6.16. The maximum Gasteiger partial charge on any atom is 0.0373 e. The maximum atomic E-state index is 4.18. The van der Waals surface area contributed by atoms with Gasteiger partial charge in [-0.3, -0.25) is 9.88 Å². The Hall–Kier alpha value is -2.39. The molecular weight excluding hydrogens is 282 g/mol. The lowest BCUT2D eigenvalue weighted by molar-refractivity contribution is 0.250. The summed E-state index contributed by atoms with van der Waals surface area (Å²) in [5.74, 6) is 0. The van der Waals surface area contributed by atoms with E-state index in [4.69, 9.17) is 0 Å². The number of piperazine rings is 1. The van der Waals surface area contributed by atoms with Gasteiger partial charge in [0, 0.05) is 56.2 Å². The van der Waals surface area contributed by atoms with Crippen LogP contribution in [-0.4, -0.2) is 36.1 Å². The first-order chi connectivity index (χ1) is 11.4. The molecule has 0 atom stereocenters. The lowest BCUT2D eigenvalue weighted by atomic mass is 10.1. The highest BCUT2D eigenvalue weighted by atomic mass is 15.3. The van der Waals surface area contributed by atoms with Crippen LogP contribution in [0.1, 0.15) is 5.56 Å². The largest absolute Gasteiger partial charge is 0.369 e. The minimum Gasteiger partial charge on any atom is -0.369 e. The number of nitrogens with zero attached hydrogens (tertiary/aromatic N) is 3. The molecule has 0 amide bonds. The highest BCUT2D eigenvalue weighted by molar-refractivity contribution is 5.85. The van der Waals surface area contributed by atoms with Gasteiger partial charge < -0.3 is 4.90 Å². The minimum absolute atomic E-state index is 1.05. The van der Waals surface area contributed by atoms with Gasteiger partial charge in [-0.2, -0.15) is 0 Å². The van der Waals surface area contributed by atoms with Crippen molar-refractivity contribution in [1.82, 2.24) is 9.88 Å². The Morgan fingerprint density at radius 3 is 2.48 bits per heavy atom. The first kappa shape index (κ1) is 14.2. The third-order valence-corrected chi connectivity index (χ3v) is 4.61. The van der Waals surface area contributed by atoms with E-state index >= 15 is 0 Å². The Kier molecular flexibility index (Phi) is 3.95. The van der Waals surface area contributed by atoms with Gasteiger partial charge in [0.05, 0.1) is 0 Å². The van der Waals surface area contributed by atoms with Crippen molar-refractivity contribution in [1.29, 1.82) is 0 Å². The summed E-state index contributed by atoms with van der Waals surface area (Å²) >= 11 is 0. The van der Waals surface area contributed by atoms with E-state index in [0.29, 0.717) is 0 Å². The second kappa shape index (κ2) is 6.39. The van der Waals surface area contributed by atoms with Crippen LogP contribution >= 0.6 is 0 Å². The monoisotopic (exact) mass is 303 g/mol. The molecule has 3 aromatic rings. The van der Waals surface area contributed by atoms with E-state index in [1.54, 1.807) is 0 Å². The number of benzene rings is 2. The molecule has 3 nitrogen and oxygen atoms in total. The van der Waals surface area contributed by atoms with E-state index in [1.807, 2.05) is 12.4 Å². The minimum atomic E-state index is 1.05. The standard InChI is InChI=1S/C20H21N3/c1-2-4-17(5-3-1)16-22-10-12-23(13-11-22)20-7-6-19-15-21-9-8-18(19)14-20/h1-9,14-15H,10-13,16H2. The summed E-state index contributed by atoms with van der Waals surface area (Å²) in [7, 11) is 0. The van der Waals surface area contributed by atoms with Crippen molar-refractivity contribution in [2.24, 2.45) is 0 Å². The average molecular weight is 303 g/mol. The fourth-order valence-corrected chi connectivity index (χ4v) is 3.27. The molecule has 2 heterocycles. The molecule has 1 fully saturated rings. The van der Waals surface area contributed by atoms with E-state index < -0.39 is 0 Å². The van der Waals surface area contributed by atoms with Crippen LogP contribution in [0.3, 0.4) is 0 Å². The summed E-state index contributed by atoms with van der Waals surface area (Å²) in [5.41, 5.74) is 2.72. The van der Waals surface area contributed by atoms with Gasteiger partial charge in [0.25, 0.3) is 0 Å². The predicted octanol–water partition coefficient (Wildman–Crippen LogP) is 3.56. The molecule has 0 bridgehead atoms. The van der Waals surface area contributed by atoms with Crippen LogP contribution in [0.4, 0.5) is 5.69 Å². The normalized spacial score (nSPS) is 15.9. The molecule has 3 heteroatoms. The van der Waals surface area contributed by atoms with Crippen LogP contribution in [0, 0.1) is 0 Å². The number of fused-ring (bicyclic) bond motifs is 1. The van der Waals surface area contributed by atoms with Crippen molar-refractivity contribution in [2.75, 3.05) is 31.1 Å². The van der Waals surface area contributed by atoms with Gasteiger partial charge in [-0.1, -0.05) is 36.4 Å². The highest BCUT2D eigenvalue weighted by Gasteiger charge is 2.17. The molecule has 0 saturated carbocycles. The predicted molar refractivity (Wildman–Crippen MR) is 95.7 cm³/mol. The molecule has 1 saturated heterocycles. The first-order valence-corrected chi connectivity index (χ1v) is 8.23. The molecule has 116 valence electrons. The maximum absolute atomic E-state index is 4.18. The molecule has 1 aliphatic rings. The third-order valence-electron chi connectivity index (χ3n) is 4.61. The van der Waals surface area contributed by atoms with Crippen molar-refractivity contribution < 1.29 is 0 Å². The lowest BCUT2D eigenvalue weighted by Gasteiger charge is -2.36. The Morgan fingerprint density at radius 2 is 1.65 bits per heavy atom. The molecule has 1 aliphatic heterocycles. The van der Waals surface area contributed by atoms with Crippen molar-refractivity contribution in [3.05, 3.63) is 72.6 Å². The quantitative estimate of drug-likeness (QED) is 0.737. The van der Waals surface area contributed by atoms with Crippen molar-refractivity contribution in [3.63, 3.8) is 0 Å². The number of anilines is 1. The second-order valence-corrected chi connectivity index (χ2v) is 6.16. The van der Waals surface area contributed by atoms with Crippen LogP contribution < -0.4 is 4.90 Å². The fraction of sp³-hybridized carbons (Fsp3) is 0.250. The summed E-state index contributed by atoms with van der Waals surface area (Å²) in [6.07, 6.45) is 3.79.